The molecule has 0 aliphatic heterocycles. The molecule has 2 aromatic carbocycles. The van der Waals surface area contributed by atoms with Gasteiger partial charge in [-0.25, -0.2) is 4.39 Å². The zero-order chi connectivity index (χ0) is 18.8. The van der Waals surface area contributed by atoms with Gasteiger partial charge in [0, 0.05) is 29.4 Å². The average molecular weight is 357 g/mol. The maximum Gasteiger partial charge on any atom is 0.195 e. The third-order valence-electron chi connectivity index (χ3n) is 4.62. The molecule has 132 valence electrons. The molecule has 0 spiro atoms. The number of carbonyl (C=O) groups excluding carboxylic acids is 2. The Bertz CT molecular complexity index is 1130. The Morgan fingerprint density at radius 2 is 1.63 bits per heavy atom. The van der Waals surface area contributed by atoms with E-state index < -0.39 is 5.82 Å². The summed E-state index contributed by atoms with van der Waals surface area (Å²) in [4.78, 5) is 24.7. The average Bonchev–Trinajstić information content (AvgIpc) is 3.03. The van der Waals surface area contributed by atoms with Crippen molar-refractivity contribution in [3.8, 4) is 11.1 Å². The van der Waals surface area contributed by atoms with Gasteiger partial charge in [0.05, 0.1) is 11.1 Å². The number of ketones is 1. The molecule has 0 bridgehead atoms. The molecular weight excluding hydrogens is 341 g/mol. The quantitative estimate of drug-likeness (QED) is 0.383. The smallest absolute Gasteiger partial charge is 0.195 e. The lowest BCUT2D eigenvalue weighted by Crippen LogP contribution is -2.03. The van der Waals surface area contributed by atoms with Crippen LogP contribution in [0.4, 0.5) is 4.39 Å². The predicted octanol–water partition coefficient (Wildman–Crippen LogP) is 4.72. The normalized spacial score (nSPS) is 10.9. The fourth-order valence-electron chi connectivity index (χ4n) is 3.45. The Morgan fingerprint density at radius 3 is 2.33 bits per heavy atom. The van der Waals surface area contributed by atoms with Crippen LogP contribution in [-0.2, 0) is 11.2 Å². The van der Waals surface area contributed by atoms with E-state index in [1.54, 1.807) is 0 Å². The van der Waals surface area contributed by atoms with Crippen LogP contribution >= 0.6 is 0 Å². The molecule has 0 N–H and O–H groups in total. The van der Waals surface area contributed by atoms with Crippen LogP contribution in [0.5, 0.6) is 0 Å². The third-order valence-corrected chi connectivity index (χ3v) is 4.62. The molecule has 4 aromatic rings. The largest absolute Gasteiger partial charge is 0.319 e. The molecule has 0 fully saturated rings. The van der Waals surface area contributed by atoms with Crippen molar-refractivity contribution in [1.82, 2.24) is 4.40 Å². The summed E-state index contributed by atoms with van der Waals surface area (Å²) in [7, 11) is 0. The summed E-state index contributed by atoms with van der Waals surface area (Å²) >= 11 is 0. The van der Waals surface area contributed by atoms with E-state index in [-0.39, 0.29) is 12.2 Å². The van der Waals surface area contributed by atoms with Gasteiger partial charge in [0.15, 0.2) is 5.78 Å². The molecule has 0 unspecified atom stereocenters. The van der Waals surface area contributed by atoms with Crippen LogP contribution in [0, 0.1) is 5.82 Å². The number of fused-ring (bicyclic) bond motifs is 1. The second-order valence-electron chi connectivity index (χ2n) is 6.23. The Labute approximate surface area is 155 Å². The van der Waals surface area contributed by atoms with Crippen molar-refractivity contribution >= 4 is 17.6 Å². The van der Waals surface area contributed by atoms with E-state index in [1.807, 2.05) is 59.1 Å². The minimum Gasteiger partial charge on any atom is -0.319 e. The molecule has 0 amide bonds. The van der Waals surface area contributed by atoms with Crippen LogP contribution in [0.25, 0.3) is 16.6 Å². The molecule has 0 atom stereocenters. The first-order valence-corrected chi connectivity index (χ1v) is 8.62. The van der Waals surface area contributed by atoms with Crippen LogP contribution in [-0.4, -0.2) is 16.5 Å². The molecule has 0 aliphatic rings. The number of hydrogen-bond acceptors (Lipinski definition) is 2. The topological polar surface area (TPSA) is 38.5 Å². The monoisotopic (exact) mass is 357 g/mol. The lowest BCUT2D eigenvalue weighted by Gasteiger charge is -2.07. The molecule has 27 heavy (non-hydrogen) atoms. The number of aldehydes is 1. The molecule has 0 saturated carbocycles. The van der Waals surface area contributed by atoms with Crippen molar-refractivity contribution in [2.75, 3.05) is 0 Å². The highest BCUT2D eigenvalue weighted by Gasteiger charge is 2.24. The van der Waals surface area contributed by atoms with Gasteiger partial charge in [-0.05, 0) is 42.0 Å². The number of aromatic nitrogens is 1. The highest BCUT2D eigenvalue weighted by molar-refractivity contribution is 6.18. The predicted molar refractivity (Wildman–Crippen MR) is 102 cm³/mol. The molecule has 0 saturated heterocycles. The fourth-order valence-corrected chi connectivity index (χ4v) is 3.45. The van der Waals surface area contributed by atoms with E-state index in [1.165, 1.54) is 24.3 Å². The van der Waals surface area contributed by atoms with Gasteiger partial charge < -0.3 is 9.20 Å². The van der Waals surface area contributed by atoms with Gasteiger partial charge in [-0.1, -0.05) is 36.4 Å². The van der Waals surface area contributed by atoms with Gasteiger partial charge in [-0.3, -0.25) is 4.79 Å². The van der Waals surface area contributed by atoms with Gasteiger partial charge >= 0.3 is 0 Å². The van der Waals surface area contributed by atoms with E-state index in [2.05, 4.69) is 0 Å². The van der Waals surface area contributed by atoms with Crippen molar-refractivity contribution in [3.05, 3.63) is 102 Å². The maximum absolute atomic E-state index is 13.4. The number of rotatable bonds is 5. The molecule has 3 nitrogen and oxygen atoms in total. The maximum atomic E-state index is 13.4. The standard InChI is InChI=1S/C23H16FNO2/c24-18-11-9-17(10-12-18)23(27)22-19-8-4-5-14-25(19)20(13-15-26)21(22)16-6-2-1-3-7-16/h1-12,14-15H,13H2. The molecule has 2 heterocycles. The van der Waals surface area contributed by atoms with E-state index in [9.17, 15) is 14.0 Å². The van der Waals surface area contributed by atoms with Crippen LogP contribution in [0.15, 0.2) is 79.0 Å². The van der Waals surface area contributed by atoms with Crippen molar-refractivity contribution in [2.45, 2.75) is 6.42 Å². The van der Waals surface area contributed by atoms with E-state index in [0.717, 1.165) is 28.6 Å². The Kier molecular flexibility index (Phi) is 4.38. The minimum absolute atomic E-state index is 0.187. The van der Waals surface area contributed by atoms with Crippen molar-refractivity contribution in [2.24, 2.45) is 0 Å². The van der Waals surface area contributed by atoms with Crippen molar-refractivity contribution in [1.29, 1.82) is 0 Å². The summed E-state index contributed by atoms with van der Waals surface area (Å²) in [6.45, 7) is 0. The summed E-state index contributed by atoms with van der Waals surface area (Å²) in [6, 6.07) is 20.6. The second kappa shape index (κ2) is 7.00. The summed E-state index contributed by atoms with van der Waals surface area (Å²) < 4.78 is 15.2. The summed E-state index contributed by atoms with van der Waals surface area (Å²) in [5, 5.41) is 0. The first-order chi connectivity index (χ1) is 13.2. The summed E-state index contributed by atoms with van der Waals surface area (Å²) in [5.74, 6) is -0.590. The van der Waals surface area contributed by atoms with Crippen LogP contribution < -0.4 is 0 Å². The van der Waals surface area contributed by atoms with E-state index in [0.29, 0.717) is 11.1 Å². The minimum atomic E-state index is -0.391. The highest BCUT2D eigenvalue weighted by Crippen LogP contribution is 2.35. The lowest BCUT2D eigenvalue weighted by atomic mass is 9.94. The van der Waals surface area contributed by atoms with Crippen LogP contribution in [0.1, 0.15) is 21.6 Å². The Morgan fingerprint density at radius 1 is 0.926 bits per heavy atom. The van der Waals surface area contributed by atoms with Crippen LogP contribution in [0.2, 0.25) is 0 Å². The first kappa shape index (κ1) is 16.9. The van der Waals surface area contributed by atoms with Gasteiger partial charge in [-0.2, -0.15) is 0 Å². The summed E-state index contributed by atoms with van der Waals surface area (Å²) in [6.07, 6.45) is 2.88. The number of pyridine rings is 1. The molecule has 0 radical (unpaired) electrons. The number of halogens is 1. The molecule has 4 rings (SSSR count). The number of nitrogens with zero attached hydrogens (tertiary/aromatic N) is 1. The second-order valence-corrected chi connectivity index (χ2v) is 6.23. The van der Waals surface area contributed by atoms with E-state index in [4.69, 9.17) is 0 Å². The van der Waals surface area contributed by atoms with Crippen molar-refractivity contribution in [3.63, 3.8) is 0 Å². The molecule has 0 aliphatic carbocycles. The SMILES string of the molecule is O=CCc1c(-c2ccccc2)c(C(=O)c2ccc(F)cc2)c2ccccn12. The Balaban J connectivity index is 2.05. The van der Waals surface area contributed by atoms with E-state index >= 15 is 0 Å². The molecular formula is C23H16FNO2. The van der Waals surface area contributed by atoms with Gasteiger partial charge in [0.1, 0.15) is 12.1 Å². The van der Waals surface area contributed by atoms with Gasteiger partial charge in [0.25, 0.3) is 0 Å². The van der Waals surface area contributed by atoms with Gasteiger partial charge in [-0.15, -0.1) is 0 Å². The highest BCUT2D eigenvalue weighted by atomic mass is 19.1. The molecule has 2 aromatic heterocycles. The number of carbonyl (C=O) groups is 2. The zero-order valence-corrected chi connectivity index (χ0v) is 14.4. The molecule has 4 heteroatoms. The third kappa shape index (κ3) is 2.95. The summed E-state index contributed by atoms with van der Waals surface area (Å²) in [5.41, 5.74) is 4.01. The van der Waals surface area contributed by atoms with Crippen LogP contribution in [0.3, 0.4) is 0 Å². The lowest BCUT2D eigenvalue weighted by molar-refractivity contribution is -0.107. The van der Waals surface area contributed by atoms with Crippen molar-refractivity contribution < 1.29 is 14.0 Å². The number of benzene rings is 2. The first-order valence-electron chi connectivity index (χ1n) is 8.62. The Hall–Kier alpha value is -3.53. The fraction of sp³-hybridized carbons (Fsp3) is 0.0435. The number of hydrogen-bond donors (Lipinski definition) is 0. The van der Waals surface area contributed by atoms with Gasteiger partial charge in [0.2, 0.25) is 0 Å². The zero-order valence-electron chi connectivity index (χ0n) is 14.4.